The minimum atomic E-state index is -0.274. The standard InChI is InChI=1S/C18H21BrN2O3/c19-12-8-9-14-15(11-12)18(24)21(17(14)23)10-4-7-16(22)20-13-5-2-1-3-6-13/h8-9,11,13H,1-7,10H2,(H,20,22). The van der Waals surface area contributed by atoms with Crippen LogP contribution in [0, 0.1) is 0 Å². The van der Waals surface area contributed by atoms with Crippen molar-refractivity contribution in [3.05, 3.63) is 33.8 Å². The number of fused-ring (bicyclic) bond motifs is 1. The van der Waals surface area contributed by atoms with Crippen molar-refractivity contribution in [1.29, 1.82) is 0 Å². The summed E-state index contributed by atoms with van der Waals surface area (Å²) in [6.07, 6.45) is 6.55. The number of halogens is 1. The summed E-state index contributed by atoms with van der Waals surface area (Å²) in [6.45, 7) is 0.280. The van der Waals surface area contributed by atoms with Crippen molar-refractivity contribution in [3.8, 4) is 0 Å². The topological polar surface area (TPSA) is 66.5 Å². The van der Waals surface area contributed by atoms with Gasteiger partial charge in [0.15, 0.2) is 0 Å². The molecule has 1 aromatic carbocycles. The molecule has 1 heterocycles. The number of hydrogen-bond acceptors (Lipinski definition) is 3. The molecule has 1 N–H and O–H groups in total. The van der Waals surface area contributed by atoms with Gasteiger partial charge in [-0.05, 0) is 37.5 Å². The first-order valence-electron chi connectivity index (χ1n) is 8.51. The molecular formula is C18H21BrN2O3. The van der Waals surface area contributed by atoms with Crippen LogP contribution in [0.3, 0.4) is 0 Å². The maximum atomic E-state index is 12.3. The van der Waals surface area contributed by atoms with Crippen molar-refractivity contribution in [2.45, 2.75) is 51.0 Å². The predicted molar refractivity (Wildman–Crippen MR) is 93.8 cm³/mol. The van der Waals surface area contributed by atoms with E-state index in [9.17, 15) is 14.4 Å². The van der Waals surface area contributed by atoms with Gasteiger partial charge in [0.25, 0.3) is 11.8 Å². The second-order valence-corrected chi connectivity index (χ2v) is 7.37. The summed E-state index contributed by atoms with van der Waals surface area (Å²) in [6, 6.07) is 5.38. The number of benzene rings is 1. The van der Waals surface area contributed by atoms with Crippen LogP contribution in [0.25, 0.3) is 0 Å². The van der Waals surface area contributed by atoms with Gasteiger partial charge in [0.1, 0.15) is 0 Å². The maximum absolute atomic E-state index is 12.3. The van der Waals surface area contributed by atoms with Crippen LogP contribution in [0.1, 0.15) is 65.7 Å². The molecule has 2 aliphatic rings. The van der Waals surface area contributed by atoms with Crippen LogP contribution in [0.2, 0.25) is 0 Å². The van der Waals surface area contributed by atoms with E-state index in [0.29, 0.717) is 30.0 Å². The van der Waals surface area contributed by atoms with Crippen LogP contribution in [0.4, 0.5) is 0 Å². The van der Waals surface area contributed by atoms with Gasteiger partial charge in [0.2, 0.25) is 5.91 Å². The van der Waals surface area contributed by atoms with E-state index in [1.165, 1.54) is 24.2 Å². The fraction of sp³-hybridized carbons (Fsp3) is 0.500. The van der Waals surface area contributed by atoms with Crippen molar-refractivity contribution in [2.75, 3.05) is 6.54 Å². The number of imide groups is 1. The molecule has 3 rings (SSSR count). The Balaban J connectivity index is 1.49. The molecule has 1 aromatic rings. The number of nitrogens with zero attached hydrogens (tertiary/aromatic N) is 1. The van der Waals surface area contributed by atoms with Gasteiger partial charge in [0.05, 0.1) is 11.1 Å². The minimum absolute atomic E-state index is 0.0150. The van der Waals surface area contributed by atoms with Crippen molar-refractivity contribution in [3.63, 3.8) is 0 Å². The highest BCUT2D eigenvalue weighted by Crippen LogP contribution is 2.26. The Hall–Kier alpha value is -1.69. The van der Waals surface area contributed by atoms with Crippen LogP contribution in [0.5, 0.6) is 0 Å². The third-order valence-electron chi connectivity index (χ3n) is 4.69. The van der Waals surface area contributed by atoms with Crippen LogP contribution in [-0.4, -0.2) is 35.2 Å². The second kappa shape index (κ2) is 7.47. The molecular weight excluding hydrogens is 372 g/mol. The quantitative estimate of drug-likeness (QED) is 0.781. The number of carbonyl (C=O) groups excluding carboxylic acids is 3. The van der Waals surface area contributed by atoms with Crippen LogP contribution in [-0.2, 0) is 4.79 Å². The van der Waals surface area contributed by atoms with Crippen molar-refractivity contribution < 1.29 is 14.4 Å². The van der Waals surface area contributed by atoms with E-state index in [-0.39, 0.29) is 24.3 Å². The van der Waals surface area contributed by atoms with Crippen molar-refractivity contribution in [1.82, 2.24) is 10.2 Å². The highest BCUT2D eigenvalue weighted by atomic mass is 79.9. The normalized spacial score (nSPS) is 18.0. The Morgan fingerprint density at radius 1 is 1.12 bits per heavy atom. The third kappa shape index (κ3) is 3.69. The van der Waals surface area contributed by atoms with E-state index in [1.807, 2.05) is 0 Å². The van der Waals surface area contributed by atoms with Gasteiger partial charge in [-0.2, -0.15) is 0 Å². The monoisotopic (exact) mass is 392 g/mol. The third-order valence-corrected chi connectivity index (χ3v) is 5.18. The smallest absolute Gasteiger partial charge is 0.261 e. The van der Waals surface area contributed by atoms with Crippen LogP contribution >= 0.6 is 15.9 Å². The Morgan fingerprint density at radius 3 is 2.58 bits per heavy atom. The first-order chi connectivity index (χ1) is 11.6. The van der Waals surface area contributed by atoms with Crippen LogP contribution in [0.15, 0.2) is 22.7 Å². The number of amides is 3. The summed E-state index contributed by atoms with van der Waals surface area (Å²) in [7, 11) is 0. The molecule has 0 saturated heterocycles. The Kier molecular flexibility index (Phi) is 5.33. The summed E-state index contributed by atoms with van der Waals surface area (Å²) in [5.41, 5.74) is 0.871. The molecule has 1 fully saturated rings. The van der Waals surface area contributed by atoms with E-state index in [2.05, 4.69) is 21.2 Å². The molecule has 0 aromatic heterocycles. The average molecular weight is 393 g/mol. The zero-order valence-electron chi connectivity index (χ0n) is 13.5. The SMILES string of the molecule is O=C(CCCN1C(=O)c2ccc(Br)cc2C1=O)NC1CCCCC1. The summed E-state index contributed by atoms with van der Waals surface area (Å²) in [4.78, 5) is 37.9. The lowest BCUT2D eigenvalue weighted by atomic mass is 9.95. The number of hydrogen-bond donors (Lipinski definition) is 1. The highest BCUT2D eigenvalue weighted by molar-refractivity contribution is 9.10. The summed E-state index contributed by atoms with van der Waals surface area (Å²) in [5.74, 6) is -0.527. The molecule has 5 nitrogen and oxygen atoms in total. The van der Waals surface area contributed by atoms with Gasteiger partial charge in [0, 0.05) is 23.5 Å². The molecule has 6 heteroatoms. The lowest BCUT2D eigenvalue weighted by Crippen LogP contribution is -2.37. The zero-order chi connectivity index (χ0) is 17.1. The Morgan fingerprint density at radius 2 is 1.83 bits per heavy atom. The van der Waals surface area contributed by atoms with E-state index in [4.69, 9.17) is 0 Å². The van der Waals surface area contributed by atoms with Crippen LogP contribution < -0.4 is 5.32 Å². The average Bonchev–Trinajstić information content (AvgIpc) is 2.80. The summed E-state index contributed by atoms with van der Waals surface area (Å²) < 4.78 is 0.774. The van der Waals surface area contributed by atoms with Gasteiger partial charge in [-0.1, -0.05) is 35.2 Å². The number of nitrogens with one attached hydrogen (secondary N) is 1. The molecule has 3 amide bonds. The largest absolute Gasteiger partial charge is 0.353 e. The molecule has 24 heavy (non-hydrogen) atoms. The fourth-order valence-corrected chi connectivity index (χ4v) is 3.77. The highest BCUT2D eigenvalue weighted by Gasteiger charge is 2.35. The molecule has 0 unspecified atom stereocenters. The zero-order valence-corrected chi connectivity index (χ0v) is 15.1. The molecule has 0 radical (unpaired) electrons. The molecule has 1 aliphatic heterocycles. The molecule has 1 saturated carbocycles. The van der Waals surface area contributed by atoms with Gasteiger partial charge < -0.3 is 5.32 Å². The summed E-state index contributed by atoms with van der Waals surface area (Å²) >= 11 is 3.32. The molecule has 1 aliphatic carbocycles. The lowest BCUT2D eigenvalue weighted by Gasteiger charge is -2.23. The van der Waals surface area contributed by atoms with E-state index >= 15 is 0 Å². The van der Waals surface area contributed by atoms with Gasteiger partial charge in [-0.3, -0.25) is 19.3 Å². The molecule has 128 valence electrons. The van der Waals surface area contributed by atoms with Gasteiger partial charge in [-0.25, -0.2) is 0 Å². The Labute approximate surface area is 149 Å². The van der Waals surface area contributed by atoms with E-state index < -0.39 is 0 Å². The number of rotatable bonds is 5. The second-order valence-electron chi connectivity index (χ2n) is 6.46. The first kappa shape index (κ1) is 17.1. The van der Waals surface area contributed by atoms with Crippen molar-refractivity contribution >= 4 is 33.7 Å². The molecule has 0 atom stereocenters. The lowest BCUT2D eigenvalue weighted by molar-refractivity contribution is -0.122. The first-order valence-corrected chi connectivity index (χ1v) is 9.30. The number of carbonyl (C=O) groups is 3. The van der Waals surface area contributed by atoms with Gasteiger partial charge in [-0.15, -0.1) is 0 Å². The minimum Gasteiger partial charge on any atom is -0.353 e. The fourth-order valence-electron chi connectivity index (χ4n) is 3.41. The maximum Gasteiger partial charge on any atom is 0.261 e. The van der Waals surface area contributed by atoms with Crippen molar-refractivity contribution in [2.24, 2.45) is 0 Å². The Bertz CT molecular complexity index is 668. The van der Waals surface area contributed by atoms with Gasteiger partial charge >= 0.3 is 0 Å². The van der Waals surface area contributed by atoms with E-state index in [0.717, 1.165) is 17.3 Å². The molecule has 0 bridgehead atoms. The molecule has 0 spiro atoms. The van der Waals surface area contributed by atoms with E-state index in [1.54, 1.807) is 18.2 Å². The predicted octanol–water partition coefficient (Wildman–Crippen LogP) is 3.27. The summed E-state index contributed by atoms with van der Waals surface area (Å²) in [5, 5.41) is 3.06.